The van der Waals surface area contributed by atoms with Gasteiger partial charge >= 0.3 is 5.97 Å². The summed E-state index contributed by atoms with van der Waals surface area (Å²) in [6, 6.07) is 10.4. The van der Waals surface area contributed by atoms with E-state index in [4.69, 9.17) is 9.47 Å². The van der Waals surface area contributed by atoms with Crippen molar-refractivity contribution in [1.29, 1.82) is 0 Å². The van der Waals surface area contributed by atoms with E-state index in [2.05, 4.69) is 15.4 Å². The van der Waals surface area contributed by atoms with Gasteiger partial charge in [-0.15, -0.1) is 0 Å². The highest BCUT2D eigenvalue weighted by Crippen LogP contribution is 2.29. The van der Waals surface area contributed by atoms with Crippen LogP contribution in [0.3, 0.4) is 0 Å². The quantitative estimate of drug-likeness (QED) is 0.537. The van der Waals surface area contributed by atoms with E-state index in [1.165, 1.54) is 64.7 Å². The number of esters is 1. The molecule has 0 aliphatic carbocycles. The van der Waals surface area contributed by atoms with Crippen molar-refractivity contribution in [2.45, 2.75) is 12.2 Å². The Morgan fingerprint density at radius 2 is 1.56 bits per heavy atom. The Hall–Kier alpha value is -3.60. The van der Waals surface area contributed by atoms with Gasteiger partial charge in [0.1, 0.15) is 11.0 Å². The molecule has 32 heavy (non-hydrogen) atoms. The molecule has 0 aliphatic heterocycles. The van der Waals surface area contributed by atoms with E-state index in [0.29, 0.717) is 17.2 Å². The van der Waals surface area contributed by atoms with Crippen molar-refractivity contribution in [1.82, 2.24) is 0 Å². The highest BCUT2D eigenvalue weighted by atomic mass is 32.2. The Morgan fingerprint density at radius 1 is 0.906 bits per heavy atom. The van der Waals surface area contributed by atoms with Crippen molar-refractivity contribution in [3.8, 4) is 11.5 Å². The lowest BCUT2D eigenvalue weighted by atomic mass is 10.2. The lowest BCUT2D eigenvalue weighted by Crippen LogP contribution is -2.37. The predicted molar refractivity (Wildman–Crippen MR) is 118 cm³/mol. The van der Waals surface area contributed by atoms with Gasteiger partial charge in [-0.25, -0.2) is 13.2 Å². The van der Waals surface area contributed by atoms with Gasteiger partial charge in [0.15, 0.2) is 21.3 Å². The Balaban J connectivity index is 2.05. The average molecular weight is 464 g/mol. The second-order valence-corrected chi connectivity index (χ2v) is 8.95. The summed E-state index contributed by atoms with van der Waals surface area (Å²) in [6.45, 7) is 1.18. The van der Waals surface area contributed by atoms with Gasteiger partial charge in [-0.1, -0.05) is 6.07 Å². The number of hydrogen-bond acceptors (Lipinski definition) is 8. The fourth-order valence-electron chi connectivity index (χ4n) is 2.67. The molecule has 0 fully saturated rings. The molecule has 2 N–H and O–H groups in total. The summed E-state index contributed by atoms with van der Waals surface area (Å²) in [5.41, 5.74) is 0.712. The molecule has 1 unspecified atom stereocenters. The number of carbonyl (C=O) groups excluding carboxylic acids is 3. The largest absolute Gasteiger partial charge is 0.493 e. The highest BCUT2D eigenvalue weighted by molar-refractivity contribution is 7.93. The number of amides is 2. The van der Waals surface area contributed by atoms with Gasteiger partial charge in [-0.2, -0.15) is 0 Å². The molecule has 0 heterocycles. The number of ether oxygens (including phenoxy) is 3. The number of methoxy groups -OCH3 is 3. The number of nitrogens with one attached hydrogen (secondary N) is 2. The zero-order valence-corrected chi connectivity index (χ0v) is 18.8. The lowest BCUT2D eigenvalue weighted by molar-refractivity contribution is -0.115. The van der Waals surface area contributed by atoms with Crippen molar-refractivity contribution < 1.29 is 37.0 Å². The molecular weight excluding hydrogens is 440 g/mol. The Labute approximate surface area is 185 Å². The summed E-state index contributed by atoms with van der Waals surface area (Å²) >= 11 is 0. The predicted octanol–water partition coefficient (Wildman–Crippen LogP) is 1.87. The van der Waals surface area contributed by atoms with Crippen molar-refractivity contribution in [3.05, 3.63) is 48.0 Å². The summed E-state index contributed by atoms with van der Waals surface area (Å²) in [4.78, 5) is 36.3. The molecule has 0 radical (unpaired) electrons. The van der Waals surface area contributed by atoms with Gasteiger partial charge in [-0.05, 0) is 37.3 Å². The van der Waals surface area contributed by atoms with E-state index in [9.17, 15) is 22.8 Å². The van der Waals surface area contributed by atoms with Crippen molar-refractivity contribution in [3.63, 3.8) is 0 Å². The van der Waals surface area contributed by atoms with Crippen LogP contribution in [0.2, 0.25) is 0 Å². The van der Waals surface area contributed by atoms with Crippen molar-refractivity contribution in [2.75, 3.05) is 37.7 Å². The third-order valence-corrected chi connectivity index (χ3v) is 6.41. The van der Waals surface area contributed by atoms with Crippen molar-refractivity contribution >= 4 is 39.0 Å². The number of sulfone groups is 1. The molecule has 0 bridgehead atoms. The van der Waals surface area contributed by atoms with Crippen LogP contribution in [0.1, 0.15) is 17.3 Å². The molecule has 0 aliphatic rings. The summed E-state index contributed by atoms with van der Waals surface area (Å²) < 4.78 is 40.0. The topological polar surface area (TPSA) is 137 Å². The normalized spacial score (nSPS) is 11.8. The maximum absolute atomic E-state index is 12.6. The molecule has 172 valence electrons. The van der Waals surface area contributed by atoms with Crippen LogP contribution in [0.4, 0.5) is 11.4 Å². The minimum absolute atomic E-state index is 0.190. The molecule has 0 saturated carbocycles. The molecule has 0 aromatic heterocycles. The van der Waals surface area contributed by atoms with E-state index < -0.39 is 38.6 Å². The number of benzene rings is 2. The Bertz CT molecular complexity index is 1110. The van der Waals surface area contributed by atoms with E-state index in [-0.39, 0.29) is 11.3 Å². The van der Waals surface area contributed by atoms with Crippen LogP contribution in [0.25, 0.3) is 0 Å². The molecule has 11 heteroatoms. The Kier molecular flexibility index (Phi) is 8.19. The summed E-state index contributed by atoms with van der Waals surface area (Å²) in [5.74, 6) is -2.36. The summed E-state index contributed by atoms with van der Waals surface area (Å²) in [5, 5.41) is 3.37. The zero-order valence-electron chi connectivity index (χ0n) is 18.0. The van der Waals surface area contributed by atoms with E-state index in [1.54, 1.807) is 6.07 Å². The summed E-state index contributed by atoms with van der Waals surface area (Å²) in [6.07, 6.45) is 0. The minimum Gasteiger partial charge on any atom is -0.493 e. The van der Waals surface area contributed by atoms with Gasteiger partial charge in [0.25, 0.3) is 0 Å². The highest BCUT2D eigenvalue weighted by Gasteiger charge is 2.30. The first kappa shape index (κ1) is 24.7. The average Bonchev–Trinajstić information content (AvgIpc) is 2.77. The van der Waals surface area contributed by atoms with Crippen LogP contribution in [0.5, 0.6) is 11.5 Å². The molecule has 1 atom stereocenters. The fourth-order valence-corrected chi connectivity index (χ4v) is 3.74. The van der Waals surface area contributed by atoms with Gasteiger partial charge in [0.2, 0.25) is 11.8 Å². The van der Waals surface area contributed by atoms with E-state index in [0.717, 1.165) is 0 Å². The molecule has 0 spiro atoms. The third kappa shape index (κ3) is 6.20. The smallest absolute Gasteiger partial charge is 0.337 e. The lowest BCUT2D eigenvalue weighted by Gasteiger charge is -2.14. The molecule has 2 rings (SSSR count). The molecule has 2 aromatic rings. The van der Waals surface area contributed by atoms with Gasteiger partial charge < -0.3 is 24.8 Å². The number of rotatable bonds is 9. The molecule has 10 nitrogen and oxygen atoms in total. The van der Waals surface area contributed by atoms with Crippen LogP contribution in [-0.2, 0) is 24.2 Å². The van der Waals surface area contributed by atoms with E-state index >= 15 is 0 Å². The fraction of sp³-hybridized carbons (Fsp3) is 0.286. The zero-order chi connectivity index (χ0) is 23.9. The summed E-state index contributed by atoms with van der Waals surface area (Å²) in [7, 11) is -0.0279. The standard InChI is InChI=1S/C21H24N2O8S/c1-13(20(25)23-15-7-5-6-14(10-15)21(26)31-4)32(27,28)12-19(24)22-16-8-9-17(29-2)18(11-16)30-3/h5-11,13H,12H2,1-4H3,(H,22,24)(H,23,25). The first-order chi connectivity index (χ1) is 15.1. The molecular formula is C21H24N2O8S. The Morgan fingerprint density at radius 3 is 2.19 bits per heavy atom. The SMILES string of the molecule is COC(=O)c1cccc(NC(=O)C(C)S(=O)(=O)CC(=O)Nc2ccc(OC)c(OC)c2)c1. The second kappa shape index (κ2) is 10.6. The van der Waals surface area contributed by atoms with Crippen molar-refractivity contribution in [2.24, 2.45) is 0 Å². The van der Waals surface area contributed by atoms with Crippen LogP contribution >= 0.6 is 0 Å². The third-order valence-electron chi connectivity index (χ3n) is 4.46. The first-order valence-corrected chi connectivity index (χ1v) is 11.1. The molecule has 2 aromatic carbocycles. The van der Waals surface area contributed by atoms with Crippen LogP contribution < -0.4 is 20.1 Å². The van der Waals surface area contributed by atoms with Crippen LogP contribution in [-0.4, -0.2) is 58.5 Å². The van der Waals surface area contributed by atoms with E-state index in [1.807, 2.05) is 0 Å². The molecule has 0 saturated heterocycles. The van der Waals surface area contributed by atoms with Crippen LogP contribution in [0.15, 0.2) is 42.5 Å². The maximum Gasteiger partial charge on any atom is 0.337 e. The number of hydrogen-bond donors (Lipinski definition) is 2. The van der Waals surface area contributed by atoms with Gasteiger partial charge in [0, 0.05) is 17.4 Å². The van der Waals surface area contributed by atoms with Gasteiger partial charge in [-0.3, -0.25) is 9.59 Å². The first-order valence-electron chi connectivity index (χ1n) is 9.34. The minimum atomic E-state index is -4.13. The maximum atomic E-state index is 12.6. The van der Waals surface area contributed by atoms with Crippen LogP contribution in [0, 0.1) is 0 Å². The molecule has 2 amide bonds. The second-order valence-electron chi connectivity index (χ2n) is 6.63. The van der Waals surface area contributed by atoms with Gasteiger partial charge in [0.05, 0.1) is 26.9 Å². The number of carbonyl (C=O) groups is 3. The number of anilines is 2. The monoisotopic (exact) mass is 464 g/mol.